The Kier molecular flexibility index (Phi) is 3.52. The molecule has 0 saturated carbocycles. The highest BCUT2D eigenvalue weighted by Gasteiger charge is 2.50. The van der Waals surface area contributed by atoms with Crippen molar-refractivity contribution in [3.63, 3.8) is 0 Å². The summed E-state index contributed by atoms with van der Waals surface area (Å²) in [6.45, 7) is 5.46. The number of ether oxygens (including phenoxy) is 1. The average molecular weight is 235 g/mol. The Bertz CT molecular complexity index is 364. The van der Waals surface area contributed by atoms with E-state index in [9.17, 15) is 5.11 Å². The van der Waals surface area contributed by atoms with Crippen LogP contribution in [0.3, 0.4) is 0 Å². The van der Waals surface area contributed by atoms with E-state index in [1.165, 1.54) is 0 Å². The van der Waals surface area contributed by atoms with Crippen LogP contribution in [-0.4, -0.2) is 23.8 Å². The Morgan fingerprint density at radius 2 is 2.06 bits per heavy atom. The van der Waals surface area contributed by atoms with Crippen LogP contribution < -0.4 is 5.32 Å². The van der Waals surface area contributed by atoms with Crippen LogP contribution in [0.1, 0.15) is 32.3 Å². The zero-order chi connectivity index (χ0) is 12.4. The van der Waals surface area contributed by atoms with Gasteiger partial charge in [-0.05, 0) is 13.3 Å². The molecule has 1 aliphatic heterocycles. The van der Waals surface area contributed by atoms with Gasteiger partial charge in [-0.3, -0.25) is 0 Å². The van der Waals surface area contributed by atoms with Gasteiger partial charge in [-0.2, -0.15) is 0 Å². The predicted octanol–water partition coefficient (Wildman–Crippen LogP) is 2.01. The van der Waals surface area contributed by atoms with Crippen LogP contribution in [-0.2, 0) is 10.5 Å². The van der Waals surface area contributed by atoms with Gasteiger partial charge in [-0.25, -0.2) is 0 Å². The first-order valence-corrected chi connectivity index (χ1v) is 6.29. The minimum absolute atomic E-state index is 0.429. The van der Waals surface area contributed by atoms with Crippen LogP contribution in [0.4, 0.5) is 0 Å². The molecule has 1 aliphatic rings. The highest BCUT2D eigenvalue weighted by molar-refractivity contribution is 5.25. The summed E-state index contributed by atoms with van der Waals surface area (Å²) >= 11 is 0. The molecule has 3 heteroatoms. The normalized spacial score (nSPS) is 33.6. The highest BCUT2D eigenvalue weighted by atomic mass is 16.6. The first-order valence-electron chi connectivity index (χ1n) is 6.29. The second-order valence-corrected chi connectivity index (χ2v) is 4.87. The fourth-order valence-electron chi connectivity index (χ4n) is 2.63. The van der Waals surface area contributed by atoms with Crippen molar-refractivity contribution in [3.05, 3.63) is 35.9 Å². The topological polar surface area (TPSA) is 41.5 Å². The van der Waals surface area contributed by atoms with E-state index < -0.39 is 11.3 Å². The Balaban J connectivity index is 2.38. The van der Waals surface area contributed by atoms with Gasteiger partial charge in [-0.1, -0.05) is 43.7 Å². The molecule has 0 radical (unpaired) electrons. The van der Waals surface area contributed by atoms with Gasteiger partial charge in [0.15, 0.2) is 0 Å². The van der Waals surface area contributed by atoms with Crippen molar-refractivity contribution in [1.82, 2.24) is 5.32 Å². The number of hydrogen-bond donors (Lipinski definition) is 2. The quantitative estimate of drug-likeness (QED) is 0.842. The monoisotopic (exact) mass is 235 g/mol. The Morgan fingerprint density at radius 3 is 2.71 bits per heavy atom. The molecule has 94 valence electrons. The third-order valence-corrected chi connectivity index (χ3v) is 3.59. The van der Waals surface area contributed by atoms with Crippen molar-refractivity contribution in [1.29, 1.82) is 0 Å². The smallest absolute Gasteiger partial charge is 0.211 e. The van der Waals surface area contributed by atoms with Crippen LogP contribution in [0.15, 0.2) is 30.3 Å². The molecule has 1 aromatic rings. The minimum Gasteiger partial charge on any atom is -0.360 e. The van der Waals surface area contributed by atoms with Gasteiger partial charge in [-0.15, -0.1) is 0 Å². The third kappa shape index (κ3) is 2.10. The number of benzene rings is 1. The fourth-order valence-corrected chi connectivity index (χ4v) is 2.63. The lowest BCUT2D eigenvalue weighted by Crippen LogP contribution is -2.64. The molecule has 2 atom stereocenters. The Morgan fingerprint density at radius 1 is 1.35 bits per heavy atom. The molecule has 2 rings (SSSR count). The van der Waals surface area contributed by atoms with Crippen LogP contribution in [0, 0.1) is 0 Å². The number of nitrogens with one attached hydrogen (secondary N) is 1. The molecule has 2 N–H and O–H groups in total. The molecule has 1 fully saturated rings. The van der Waals surface area contributed by atoms with Gasteiger partial charge in [0.05, 0.1) is 12.1 Å². The Hall–Kier alpha value is -0.900. The van der Waals surface area contributed by atoms with Crippen LogP contribution in [0.2, 0.25) is 0 Å². The van der Waals surface area contributed by atoms with E-state index in [-0.39, 0.29) is 0 Å². The summed E-state index contributed by atoms with van der Waals surface area (Å²) in [4.78, 5) is 0. The second kappa shape index (κ2) is 4.77. The third-order valence-electron chi connectivity index (χ3n) is 3.59. The van der Waals surface area contributed by atoms with Gasteiger partial charge in [0.25, 0.3) is 0 Å². The summed E-state index contributed by atoms with van der Waals surface area (Å²) in [6.07, 6.45) is 1.88. The minimum atomic E-state index is -1.23. The van der Waals surface area contributed by atoms with E-state index in [4.69, 9.17) is 4.74 Å². The zero-order valence-corrected chi connectivity index (χ0v) is 10.6. The summed E-state index contributed by atoms with van der Waals surface area (Å²) < 4.78 is 5.71. The van der Waals surface area contributed by atoms with Crippen molar-refractivity contribution in [3.8, 4) is 0 Å². The SMILES string of the molecule is CCCC1(C)NCCOC1(O)c1ccccc1. The lowest BCUT2D eigenvalue weighted by Gasteiger charge is -2.48. The lowest BCUT2D eigenvalue weighted by atomic mass is 9.81. The van der Waals surface area contributed by atoms with E-state index in [0.29, 0.717) is 6.61 Å². The molecular formula is C14H21NO2. The fraction of sp³-hybridized carbons (Fsp3) is 0.571. The van der Waals surface area contributed by atoms with E-state index in [1.807, 2.05) is 37.3 Å². The first kappa shape index (κ1) is 12.6. The van der Waals surface area contributed by atoms with Crippen LogP contribution >= 0.6 is 0 Å². The van der Waals surface area contributed by atoms with Crippen molar-refractivity contribution in [2.75, 3.05) is 13.2 Å². The molecule has 0 aliphatic carbocycles. The summed E-state index contributed by atoms with van der Waals surface area (Å²) in [7, 11) is 0. The number of rotatable bonds is 3. The van der Waals surface area contributed by atoms with Gasteiger partial charge in [0.2, 0.25) is 5.79 Å². The number of morpholine rings is 1. The summed E-state index contributed by atoms with van der Waals surface area (Å²) in [6, 6.07) is 9.64. The van der Waals surface area contributed by atoms with Gasteiger partial charge in [0.1, 0.15) is 0 Å². The molecule has 2 unspecified atom stereocenters. The Labute approximate surface area is 103 Å². The number of hydrogen-bond acceptors (Lipinski definition) is 3. The molecule has 0 bridgehead atoms. The van der Waals surface area contributed by atoms with Crippen molar-refractivity contribution in [2.45, 2.75) is 38.0 Å². The maximum Gasteiger partial charge on any atom is 0.211 e. The zero-order valence-electron chi connectivity index (χ0n) is 10.6. The average Bonchev–Trinajstić information content (AvgIpc) is 2.35. The standard InChI is InChI=1S/C14H21NO2/c1-3-9-13(2)14(16,17-11-10-15-13)12-7-5-4-6-8-12/h4-8,15-16H,3,9-11H2,1-2H3. The van der Waals surface area contributed by atoms with Gasteiger partial charge < -0.3 is 15.2 Å². The second-order valence-electron chi connectivity index (χ2n) is 4.87. The van der Waals surface area contributed by atoms with E-state index in [2.05, 4.69) is 12.2 Å². The molecule has 1 aromatic carbocycles. The van der Waals surface area contributed by atoms with Gasteiger partial charge in [0, 0.05) is 12.1 Å². The summed E-state index contributed by atoms with van der Waals surface area (Å²) in [5, 5.41) is 14.3. The first-order chi connectivity index (χ1) is 8.12. The maximum absolute atomic E-state index is 10.9. The molecule has 3 nitrogen and oxygen atoms in total. The van der Waals surface area contributed by atoms with Crippen LogP contribution in [0.25, 0.3) is 0 Å². The summed E-state index contributed by atoms with van der Waals surface area (Å²) in [5.74, 6) is -1.23. The molecule has 1 heterocycles. The predicted molar refractivity (Wildman–Crippen MR) is 67.6 cm³/mol. The van der Waals surface area contributed by atoms with Gasteiger partial charge >= 0.3 is 0 Å². The maximum atomic E-state index is 10.9. The number of aliphatic hydroxyl groups is 1. The highest BCUT2D eigenvalue weighted by Crippen LogP contribution is 2.39. The largest absolute Gasteiger partial charge is 0.360 e. The van der Waals surface area contributed by atoms with Crippen molar-refractivity contribution in [2.24, 2.45) is 0 Å². The van der Waals surface area contributed by atoms with E-state index in [0.717, 1.165) is 24.9 Å². The molecular weight excluding hydrogens is 214 g/mol. The molecule has 1 saturated heterocycles. The van der Waals surface area contributed by atoms with Crippen molar-refractivity contribution >= 4 is 0 Å². The molecule has 0 aromatic heterocycles. The van der Waals surface area contributed by atoms with Crippen molar-refractivity contribution < 1.29 is 9.84 Å². The lowest BCUT2D eigenvalue weighted by molar-refractivity contribution is -0.278. The van der Waals surface area contributed by atoms with E-state index in [1.54, 1.807) is 0 Å². The molecule has 0 amide bonds. The molecule has 17 heavy (non-hydrogen) atoms. The van der Waals surface area contributed by atoms with Crippen LogP contribution in [0.5, 0.6) is 0 Å². The summed E-state index contributed by atoms with van der Waals surface area (Å²) in [5.41, 5.74) is 0.393. The molecule has 0 spiro atoms. The van der Waals surface area contributed by atoms with E-state index >= 15 is 0 Å².